The van der Waals surface area contributed by atoms with Crippen LogP contribution in [0.4, 0.5) is 5.82 Å². The first-order chi connectivity index (χ1) is 13.1. The molecular weight excluding hydrogens is 348 g/mol. The van der Waals surface area contributed by atoms with Crippen molar-refractivity contribution in [3.8, 4) is 5.82 Å². The van der Waals surface area contributed by atoms with Gasteiger partial charge in [-0.05, 0) is 26.0 Å². The summed E-state index contributed by atoms with van der Waals surface area (Å²) in [5.74, 6) is 2.21. The second kappa shape index (κ2) is 7.14. The van der Waals surface area contributed by atoms with Gasteiger partial charge in [0, 0.05) is 31.7 Å². The highest BCUT2D eigenvalue weighted by atomic mass is 16.5. The number of nitrogens with zero attached hydrogens (tertiary/aromatic N) is 8. The molecule has 1 aliphatic heterocycles. The van der Waals surface area contributed by atoms with E-state index >= 15 is 0 Å². The van der Waals surface area contributed by atoms with Gasteiger partial charge in [-0.1, -0.05) is 5.16 Å². The van der Waals surface area contributed by atoms with Crippen molar-refractivity contribution in [1.29, 1.82) is 0 Å². The number of piperazine rings is 1. The molecular formula is C17H20N8O2. The van der Waals surface area contributed by atoms with Crippen molar-refractivity contribution in [2.45, 2.75) is 20.3 Å². The van der Waals surface area contributed by atoms with Crippen LogP contribution in [0.1, 0.15) is 17.0 Å². The quantitative estimate of drug-likeness (QED) is 0.657. The molecule has 1 saturated heterocycles. The Morgan fingerprint density at radius 1 is 1.11 bits per heavy atom. The highest BCUT2D eigenvalue weighted by Gasteiger charge is 2.24. The summed E-state index contributed by atoms with van der Waals surface area (Å²) in [7, 11) is 0. The first-order valence-corrected chi connectivity index (χ1v) is 8.75. The van der Waals surface area contributed by atoms with E-state index in [9.17, 15) is 4.79 Å². The fourth-order valence-corrected chi connectivity index (χ4v) is 3.14. The molecule has 0 aromatic carbocycles. The third-order valence-electron chi connectivity index (χ3n) is 4.76. The number of carbonyl (C=O) groups is 1. The average molecular weight is 368 g/mol. The summed E-state index contributed by atoms with van der Waals surface area (Å²) in [5, 5.41) is 16.4. The predicted molar refractivity (Wildman–Crippen MR) is 95.4 cm³/mol. The van der Waals surface area contributed by atoms with Crippen LogP contribution in [0.5, 0.6) is 0 Å². The van der Waals surface area contributed by atoms with Gasteiger partial charge in [0.1, 0.15) is 18.4 Å². The molecule has 0 saturated carbocycles. The molecule has 1 fully saturated rings. The smallest absolute Gasteiger partial charge is 0.227 e. The number of anilines is 1. The molecule has 3 aromatic heterocycles. The molecule has 0 unspecified atom stereocenters. The minimum Gasteiger partial charge on any atom is -0.361 e. The fourth-order valence-electron chi connectivity index (χ4n) is 3.14. The van der Waals surface area contributed by atoms with Gasteiger partial charge in [0.2, 0.25) is 5.91 Å². The number of hydrogen-bond acceptors (Lipinski definition) is 8. The van der Waals surface area contributed by atoms with Crippen LogP contribution in [0, 0.1) is 13.8 Å². The van der Waals surface area contributed by atoms with Gasteiger partial charge in [-0.25, -0.2) is 9.67 Å². The lowest BCUT2D eigenvalue weighted by molar-refractivity contribution is -0.130. The second-order valence-electron chi connectivity index (χ2n) is 6.44. The number of aromatic nitrogens is 6. The van der Waals surface area contributed by atoms with Crippen molar-refractivity contribution < 1.29 is 9.32 Å². The van der Waals surface area contributed by atoms with Gasteiger partial charge < -0.3 is 14.3 Å². The van der Waals surface area contributed by atoms with Crippen molar-refractivity contribution in [2.24, 2.45) is 0 Å². The minimum atomic E-state index is 0.0941. The van der Waals surface area contributed by atoms with E-state index in [1.165, 1.54) is 6.33 Å². The molecule has 0 bridgehead atoms. The van der Waals surface area contributed by atoms with Crippen LogP contribution in [0.3, 0.4) is 0 Å². The summed E-state index contributed by atoms with van der Waals surface area (Å²) in [5.41, 5.74) is 1.67. The number of hydrogen-bond donors (Lipinski definition) is 0. The summed E-state index contributed by atoms with van der Waals surface area (Å²) in [6, 6.07) is 3.76. The number of aryl methyl sites for hydroxylation is 2. The van der Waals surface area contributed by atoms with Crippen LogP contribution in [0.25, 0.3) is 5.82 Å². The van der Waals surface area contributed by atoms with Gasteiger partial charge in [-0.2, -0.15) is 5.10 Å². The lowest BCUT2D eigenvalue weighted by atomic mass is 10.1. The third-order valence-corrected chi connectivity index (χ3v) is 4.76. The molecule has 1 amide bonds. The van der Waals surface area contributed by atoms with E-state index in [2.05, 4.69) is 30.3 Å². The second-order valence-corrected chi connectivity index (χ2v) is 6.44. The molecule has 4 heterocycles. The standard InChI is InChI=1S/C17H20N8O2/c1-12-14(13(2)27-22-12)9-17(26)24-7-5-23(6-8-24)15-3-4-16(21-20-15)25-11-18-10-19-25/h3-4,10-11H,5-9H2,1-2H3. The number of rotatable bonds is 4. The van der Waals surface area contributed by atoms with Crippen molar-refractivity contribution >= 4 is 11.7 Å². The highest BCUT2D eigenvalue weighted by Crippen LogP contribution is 2.17. The zero-order valence-electron chi connectivity index (χ0n) is 15.2. The van der Waals surface area contributed by atoms with Gasteiger partial charge in [0.25, 0.3) is 0 Å². The Bertz CT molecular complexity index is 892. The van der Waals surface area contributed by atoms with Crippen molar-refractivity contribution in [1.82, 2.24) is 35.0 Å². The molecule has 140 valence electrons. The van der Waals surface area contributed by atoms with Crippen LogP contribution >= 0.6 is 0 Å². The van der Waals surface area contributed by atoms with Crippen LogP contribution in [-0.2, 0) is 11.2 Å². The Morgan fingerprint density at radius 3 is 2.44 bits per heavy atom. The van der Waals surface area contributed by atoms with Gasteiger partial charge in [0.05, 0.1) is 12.1 Å². The first kappa shape index (κ1) is 17.1. The molecule has 0 aliphatic carbocycles. The summed E-state index contributed by atoms with van der Waals surface area (Å²) in [4.78, 5) is 20.5. The van der Waals surface area contributed by atoms with Gasteiger partial charge in [-0.3, -0.25) is 4.79 Å². The fraction of sp³-hybridized carbons (Fsp3) is 0.412. The maximum absolute atomic E-state index is 12.6. The topological polar surface area (TPSA) is 106 Å². The molecule has 4 rings (SSSR count). The highest BCUT2D eigenvalue weighted by molar-refractivity contribution is 5.79. The van der Waals surface area contributed by atoms with Crippen LogP contribution in [-0.4, -0.2) is 67.1 Å². The normalized spacial score (nSPS) is 14.6. The minimum absolute atomic E-state index is 0.0941. The van der Waals surface area contributed by atoms with E-state index in [1.54, 1.807) is 11.0 Å². The van der Waals surface area contributed by atoms with E-state index in [1.807, 2.05) is 30.9 Å². The number of carbonyl (C=O) groups excluding carboxylic acids is 1. The maximum Gasteiger partial charge on any atom is 0.227 e. The Balaban J connectivity index is 1.35. The van der Waals surface area contributed by atoms with E-state index in [4.69, 9.17) is 4.52 Å². The molecule has 3 aromatic rings. The zero-order valence-corrected chi connectivity index (χ0v) is 15.2. The van der Waals surface area contributed by atoms with Crippen LogP contribution < -0.4 is 4.90 Å². The van der Waals surface area contributed by atoms with Crippen molar-refractivity contribution in [3.05, 3.63) is 41.8 Å². The average Bonchev–Trinajstić information content (AvgIpc) is 3.34. The monoisotopic (exact) mass is 368 g/mol. The lowest BCUT2D eigenvalue weighted by Gasteiger charge is -2.35. The lowest BCUT2D eigenvalue weighted by Crippen LogP contribution is -2.49. The van der Waals surface area contributed by atoms with Gasteiger partial charge in [0.15, 0.2) is 11.6 Å². The Labute approximate surface area is 155 Å². The van der Waals surface area contributed by atoms with E-state index in [-0.39, 0.29) is 5.91 Å². The van der Waals surface area contributed by atoms with Crippen LogP contribution in [0.2, 0.25) is 0 Å². The molecule has 10 heteroatoms. The van der Waals surface area contributed by atoms with Crippen molar-refractivity contribution in [3.63, 3.8) is 0 Å². The van der Waals surface area contributed by atoms with Gasteiger partial charge >= 0.3 is 0 Å². The summed E-state index contributed by atoms with van der Waals surface area (Å²) < 4.78 is 6.70. The predicted octanol–water partition coefficient (Wildman–Crippen LogP) is 0.553. The Kier molecular flexibility index (Phi) is 4.53. The SMILES string of the molecule is Cc1noc(C)c1CC(=O)N1CCN(c2ccc(-n3cncn3)nn2)CC1. The summed E-state index contributed by atoms with van der Waals surface area (Å²) in [6.45, 7) is 6.42. The Hall–Kier alpha value is -3.30. The number of amides is 1. The third kappa shape index (κ3) is 3.50. The molecule has 0 atom stereocenters. The summed E-state index contributed by atoms with van der Waals surface area (Å²) in [6.07, 6.45) is 3.36. The molecule has 27 heavy (non-hydrogen) atoms. The molecule has 0 radical (unpaired) electrons. The molecule has 10 nitrogen and oxygen atoms in total. The Morgan fingerprint density at radius 2 is 1.85 bits per heavy atom. The van der Waals surface area contributed by atoms with E-state index < -0.39 is 0 Å². The molecule has 0 spiro atoms. The molecule has 0 N–H and O–H groups in total. The van der Waals surface area contributed by atoms with Crippen LogP contribution in [0.15, 0.2) is 29.3 Å². The van der Waals surface area contributed by atoms with E-state index in [0.717, 1.165) is 17.1 Å². The van der Waals surface area contributed by atoms with Gasteiger partial charge in [-0.15, -0.1) is 10.2 Å². The summed E-state index contributed by atoms with van der Waals surface area (Å²) >= 11 is 0. The molecule has 1 aliphatic rings. The largest absolute Gasteiger partial charge is 0.361 e. The zero-order chi connectivity index (χ0) is 18.8. The maximum atomic E-state index is 12.6. The van der Waals surface area contributed by atoms with Crippen molar-refractivity contribution in [2.75, 3.05) is 31.1 Å². The van der Waals surface area contributed by atoms with E-state index in [0.29, 0.717) is 44.2 Å². The first-order valence-electron chi connectivity index (χ1n) is 8.75.